The van der Waals surface area contributed by atoms with Gasteiger partial charge in [0, 0.05) is 18.1 Å². The molecule has 0 aliphatic rings. The van der Waals surface area contributed by atoms with Crippen LogP contribution in [0.2, 0.25) is 0 Å². The van der Waals surface area contributed by atoms with Crippen molar-refractivity contribution in [3.63, 3.8) is 0 Å². The van der Waals surface area contributed by atoms with E-state index in [1.807, 2.05) is 54.2 Å². The number of benzene rings is 1. The summed E-state index contributed by atoms with van der Waals surface area (Å²) in [7, 11) is 0. The Kier molecular flexibility index (Phi) is 3.06. The van der Waals surface area contributed by atoms with E-state index in [-0.39, 0.29) is 0 Å². The summed E-state index contributed by atoms with van der Waals surface area (Å²) in [6, 6.07) is 12.0. The molecular formula is C15H15N3O. The number of aryl methyl sites for hydroxylation is 1. The first-order valence-electron chi connectivity index (χ1n) is 6.20. The topological polar surface area (TPSA) is 43.0 Å². The normalized spacial score (nSPS) is 10.6. The molecule has 0 bridgehead atoms. The summed E-state index contributed by atoms with van der Waals surface area (Å²) in [6.45, 7) is 2.74. The lowest BCUT2D eigenvalue weighted by atomic mass is 10.2. The van der Waals surface area contributed by atoms with Crippen LogP contribution in [-0.4, -0.2) is 9.78 Å². The molecule has 2 aromatic heterocycles. The van der Waals surface area contributed by atoms with Crippen molar-refractivity contribution in [2.75, 3.05) is 5.32 Å². The van der Waals surface area contributed by atoms with Gasteiger partial charge < -0.3 is 9.73 Å². The average Bonchev–Trinajstić information content (AvgIpc) is 3.09. The van der Waals surface area contributed by atoms with Crippen molar-refractivity contribution in [2.24, 2.45) is 0 Å². The minimum Gasteiger partial charge on any atom is -0.467 e. The Morgan fingerprint density at radius 3 is 2.68 bits per heavy atom. The second-order valence-corrected chi connectivity index (χ2v) is 4.38. The first-order valence-corrected chi connectivity index (χ1v) is 6.20. The van der Waals surface area contributed by atoms with Gasteiger partial charge >= 0.3 is 0 Å². The number of nitrogens with zero attached hydrogens (tertiary/aromatic N) is 2. The second-order valence-electron chi connectivity index (χ2n) is 4.38. The predicted octanol–water partition coefficient (Wildman–Crippen LogP) is 3.39. The maximum atomic E-state index is 5.39. The van der Waals surface area contributed by atoms with Crippen LogP contribution in [0.1, 0.15) is 11.3 Å². The number of aromatic nitrogens is 2. The highest BCUT2D eigenvalue weighted by Crippen LogP contribution is 2.15. The molecule has 3 aromatic rings. The van der Waals surface area contributed by atoms with Gasteiger partial charge in [0.15, 0.2) is 0 Å². The van der Waals surface area contributed by atoms with Crippen LogP contribution >= 0.6 is 0 Å². The molecule has 19 heavy (non-hydrogen) atoms. The largest absolute Gasteiger partial charge is 0.467 e. The molecule has 0 radical (unpaired) electrons. The molecule has 0 amide bonds. The Morgan fingerprint density at radius 2 is 2.05 bits per heavy atom. The fraction of sp³-hybridized carbons (Fsp3) is 0.133. The third-order valence-corrected chi connectivity index (χ3v) is 3.06. The number of rotatable bonds is 4. The minimum absolute atomic E-state index is 0.694. The molecule has 1 N–H and O–H groups in total. The van der Waals surface area contributed by atoms with Crippen LogP contribution in [0.25, 0.3) is 5.69 Å². The predicted molar refractivity (Wildman–Crippen MR) is 74.3 cm³/mol. The Morgan fingerprint density at radius 1 is 1.21 bits per heavy atom. The van der Waals surface area contributed by atoms with Crippen molar-refractivity contribution in [3.05, 3.63) is 66.4 Å². The van der Waals surface area contributed by atoms with E-state index >= 15 is 0 Å². The molecule has 2 heterocycles. The van der Waals surface area contributed by atoms with E-state index in [1.165, 1.54) is 5.56 Å². The van der Waals surface area contributed by atoms with Gasteiger partial charge in [0.25, 0.3) is 0 Å². The molecule has 96 valence electrons. The maximum absolute atomic E-state index is 5.39. The molecule has 0 aliphatic carbocycles. The van der Waals surface area contributed by atoms with Gasteiger partial charge in [-0.15, -0.1) is 0 Å². The summed E-state index contributed by atoms with van der Waals surface area (Å²) in [5.41, 5.74) is 3.28. The van der Waals surface area contributed by atoms with Gasteiger partial charge in [-0.05, 0) is 48.9 Å². The molecule has 0 saturated carbocycles. The highest BCUT2D eigenvalue weighted by molar-refractivity contribution is 5.48. The quantitative estimate of drug-likeness (QED) is 0.775. The Labute approximate surface area is 111 Å². The van der Waals surface area contributed by atoms with Crippen LogP contribution < -0.4 is 5.32 Å². The lowest BCUT2D eigenvalue weighted by Crippen LogP contribution is -2.00. The van der Waals surface area contributed by atoms with Crippen molar-refractivity contribution in [1.29, 1.82) is 0 Å². The van der Waals surface area contributed by atoms with Crippen molar-refractivity contribution in [1.82, 2.24) is 9.78 Å². The van der Waals surface area contributed by atoms with Gasteiger partial charge in [0.2, 0.25) is 0 Å². The van der Waals surface area contributed by atoms with E-state index in [0.717, 1.165) is 17.1 Å². The fourth-order valence-electron chi connectivity index (χ4n) is 1.92. The van der Waals surface area contributed by atoms with Crippen LogP contribution in [0, 0.1) is 6.92 Å². The summed E-state index contributed by atoms with van der Waals surface area (Å²) in [6.07, 6.45) is 5.41. The average molecular weight is 253 g/mol. The SMILES string of the molecule is Cc1ccoc1CNc1ccc(-n2cccn2)cc1. The summed E-state index contributed by atoms with van der Waals surface area (Å²) >= 11 is 0. The first kappa shape index (κ1) is 11.6. The molecule has 0 unspecified atom stereocenters. The smallest absolute Gasteiger partial charge is 0.125 e. The van der Waals surface area contributed by atoms with Crippen LogP contribution in [-0.2, 0) is 6.54 Å². The zero-order chi connectivity index (χ0) is 13.1. The number of anilines is 1. The van der Waals surface area contributed by atoms with Crippen molar-refractivity contribution in [2.45, 2.75) is 13.5 Å². The molecule has 4 nitrogen and oxygen atoms in total. The molecule has 0 spiro atoms. The van der Waals surface area contributed by atoms with Gasteiger partial charge in [0.1, 0.15) is 5.76 Å². The second kappa shape index (κ2) is 5.02. The molecule has 0 aliphatic heterocycles. The molecular weight excluding hydrogens is 238 g/mol. The van der Waals surface area contributed by atoms with Crippen LogP contribution in [0.4, 0.5) is 5.69 Å². The van der Waals surface area contributed by atoms with Crippen molar-refractivity contribution >= 4 is 5.69 Å². The van der Waals surface area contributed by atoms with E-state index < -0.39 is 0 Å². The zero-order valence-electron chi connectivity index (χ0n) is 10.7. The van der Waals surface area contributed by atoms with Gasteiger partial charge in [-0.25, -0.2) is 4.68 Å². The fourth-order valence-corrected chi connectivity index (χ4v) is 1.92. The van der Waals surface area contributed by atoms with Crippen LogP contribution in [0.5, 0.6) is 0 Å². The third kappa shape index (κ3) is 2.52. The van der Waals surface area contributed by atoms with E-state index in [9.17, 15) is 0 Å². The number of hydrogen-bond donors (Lipinski definition) is 1. The minimum atomic E-state index is 0.694. The Hall–Kier alpha value is -2.49. The number of nitrogens with one attached hydrogen (secondary N) is 1. The summed E-state index contributed by atoms with van der Waals surface area (Å²) in [4.78, 5) is 0. The van der Waals surface area contributed by atoms with Crippen LogP contribution in [0.15, 0.2) is 59.5 Å². The lowest BCUT2D eigenvalue weighted by molar-refractivity contribution is 0.515. The monoisotopic (exact) mass is 253 g/mol. The molecule has 0 atom stereocenters. The number of furan rings is 1. The summed E-state index contributed by atoms with van der Waals surface area (Å²) in [5.74, 6) is 0.969. The standard InChI is InChI=1S/C15H15N3O/c1-12-7-10-19-15(12)11-16-13-3-5-14(6-4-13)18-9-2-8-17-18/h2-10,16H,11H2,1H3. The van der Waals surface area contributed by atoms with Gasteiger partial charge in [-0.2, -0.15) is 5.10 Å². The van der Waals surface area contributed by atoms with Crippen molar-refractivity contribution < 1.29 is 4.42 Å². The van der Waals surface area contributed by atoms with Crippen molar-refractivity contribution in [3.8, 4) is 5.69 Å². The molecule has 0 saturated heterocycles. The number of hydrogen-bond acceptors (Lipinski definition) is 3. The highest BCUT2D eigenvalue weighted by atomic mass is 16.3. The summed E-state index contributed by atoms with van der Waals surface area (Å²) in [5, 5.41) is 7.53. The van der Waals surface area contributed by atoms with E-state index in [1.54, 1.807) is 12.5 Å². The van der Waals surface area contributed by atoms with Gasteiger partial charge in [-0.3, -0.25) is 0 Å². The highest BCUT2D eigenvalue weighted by Gasteiger charge is 2.01. The van der Waals surface area contributed by atoms with Crippen LogP contribution in [0.3, 0.4) is 0 Å². The third-order valence-electron chi connectivity index (χ3n) is 3.06. The summed E-state index contributed by atoms with van der Waals surface area (Å²) < 4.78 is 7.23. The van der Waals surface area contributed by atoms with E-state index in [4.69, 9.17) is 4.42 Å². The van der Waals surface area contributed by atoms with Gasteiger partial charge in [-0.1, -0.05) is 0 Å². The molecule has 1 aromatic carbocycles. The first-order chi connectivity index (χ1) is 9.33. The zero-order valence-corrected chi connectivity index (χ0v) is 10.7. The lowest BCUT2D eigenvalue weighted by Gasteiger charge is -2.07. The maximum Gasteiger partial charge on any atom is 0.125 e. The Bertz CT molecular complexity index is 638. The van der Waals surface area contributed by atoms with E-state index in [0.29, 0.717) is 6.54 Å². The molecule has 0 fully saturated rings. The van der Waals surface area contributed by atoms with E-state index in [2.05, 4.69) is 10.4 Å². The molecule has 4 heteroatoms. The molecule has 3 rings (SSSR count). The Balaban J connectivity index is 1.68. The van der Waals surface area contributed by atoms with Gasteiger partial charge in [0.05, 0.1) is 18.5 Å².